The molecule has 1 atom stereocenters. The fraction of sp³-hybridized carbons (Fsp3) is 0.200. The quantitative estimate of drug-likeness (QED) is 0.598. The van der Waals surface area contributed by atoms with E-state index in [4.69, 9.17) is 11.5 Å². The van der Waals surface area contributed by atoms with Gasteiger partial charge in [-0.1, -0.05) is 0 Å². The number of guanidine groups is 1. The molecule has 1 aliphatic rings. The van der Waals surface area contributed by atoms with E-state index >= 15 is 0 Å². The molecule has 0 saturated heterocycles. The Morgan fingerprint density at radius 2 is 2.06 bits per heavy atom. The molecule has 3 heterocycles. The number of rotatable bonds is 1. The summed E-state index contributed by atoms with van der Waals surface area (Å²) in [4.78, 5) is 16.8. The molecule has 8 nitrogen and oxygen atoms in total. The van der Waals surface area contributed by atoms with Crippen LogP contribution in [0, 0.1) is 0 Å². The van der Waals surface area contributed by atoms with E-state index < -0.39 is 5.66 Å². The van der Waals surface area contributed by atoms with Crippen LogP contribution in [0.15, 0.2) is 29.9 Å². The first-order valence-electron chi connectivity index (χ1n) is 5.31. The van der Waals surface area contributed by atoms with Gasteiger partial charge in [0.25, 0.3) is 0 Å². The zero-order valence-corrected chi connectivity index (χ0v) is 9.70. The molecule has 0 bridgehead atoms. The predicted molar refractivity (Wildman–Crippen MR) is 65.5 cm³/mol. The minimum atomic E-state index is -1.21. The minimum Gasteiger partial charge on any atom is -0.370 e. The number of hydrogen-bond donors (Lipinski definition) is 3. The fourth-order valence-electron chi connectivity index (χ4n) is 1.89. The highest BCUT2D eigenvalue weighted by atomic mass is 15.3. The zero-order valence-electron chi connectivity index (χ0n) is 9.70. The van der Waals surface area contributed by atoms with Crippen LogP contribution in [0.5, 0.6) is 0 Å². The topological polar surface area (TPSA) is 120 Å². The number of hydrogen-bond acceptors (Lipinski definition) is 7. The van der Waals surface area contributed by atoms with Crippen molar-refractivity contribution in [2.24, 2.45) is 23.5 Å². The second-order valence-corrected chi connectivity index (χ2v) is 4.07. The van der Waals surface area contributed by atoms with Crippen molar-refractivity contribution in [3.05, 3.63) is 36.3 Å². The van der Waals surface area contributed by atoms with Crippen molar-refractivity contribution >= 4 is 11.8 Å². The van der Waals surface area contributed by atoms with E-state index in [1.54, 1.807) is 29.5 Å². The van der Waals surface area contributed by atoms with Crippen LogP contribution in [-0.2, 0) is 12.7 Å². The van der Waals surface area contributed by atoms with Crippen LogP contribution in [0.2, 0.25) is 0 Å². The lowest BCUT2D eigenvalue weighted by atomic mass is 10.0. The van der Waals surface area contributed by atoms with Crippen LogP contribution in [-0.4, -0.2) is 25.5 Å². The molecular weight excluding hydrogens is 232 g/mol. The molecule has 2 aromatic rings. The maximum absolute atomic E-state index is 6.31. The second-order valence-electron chi connectivity index (χ2n) is 4.07. The Bertz CT molecular complexity index is 630. The summed E-state index contributed by atoms with van der Waals surface area (Å²) in [6.45, 7) is 0. The van der Waals surface area contributed by atoms with Crippen molar-refractivity contribution in [1.29, 1.82) is 0 Å². The average molecular weight is 244 g/mol. The molecule has 18 heavy (non-hydrogen) atoms. The van der Waals surface area contributed by atoms with Crippen molar-refractivity contribution in [2.45, 2.75) is 5.66 Å². The Hall–Kier alpha value is -2.48. The number of nitrogens with two attached hydrogens (primary N) is 2. The van der Waals surface area contributed by atoms with Crippen molar-refractivity contribution in [1.82, 2.24) is 19.5 Å². The molecule has 0 fully saturated rings. The highest BCUT2D eigenvalue weighted by Gasteiger charge is 2.39. The van der Waals surface area contributed by atoms with Gasteiger partial charge in [-0.05, 0) is 0 Å². The van der Waals surface area contributed by atoms with Crippen molar-refractivity contribution in [3.8, 4) is 0 Å². The maximum atomic E-state index is 6.31. The molecule has 3 rings (SSSR count). The third-order valence-electron chi connectivity index (χ3n) is 2.70. The van der Waals surface area contributed by atoms with Gasteiger partial charge in [0.05, 0.1) is 6.33 Å². The number of aliphatic imine (C=N–C) groups is 1. The van der Waals surface area contributed by atoms with Gasteiger partial charge in [0.2, 0.25) is 5.66 Å². The summed E-state index contributed by atoms with van der Waals surface area (Å²) in [5.74, 6) is 0.689. The van der Waals surface area contributed by atoms with Crippen LogP contribution in [0.3, 0.4) is 0 Å². The van der Waals surface area contributed by atoms with E-state index in [1.165, 1.54) is 0 Å². The van der Waals surface area contributed by atoms with E-state index in [0.717, 1.165) is 0 Å². The van der Waals surface area contributed by atoms with Crippen LogP contribution < -0.4 is 16.8 Å². The summed E-state index contributed by atoms with van der Waals surface area (Å²) >= 11 is 0. The van der Waals surface area contributed by atoms with Gasteiger partial charge in [-0.15, -0.1) is 0 Å². The maximum Gasteiger partial charge on any atom is 0.202 e. The van der Waals surface area contributed by atoms with Crippen LogP contribution >= 0.6 is 0 Å². The molecule has 0 amide bonds. The Morgan fingerprint density at radius 3 is 2.78 bits per heavy atom. The number of anilines is 1. The van der Waals surface area contributed by atoms with Gasteiger partial charge in [-0.3, -0.25) is 10.7 Å². The number of nitrogens with one attached hydrogen (secondary N) is 1. The Labute approximate surface area is 103 Å². The van der Waals surface area contributed by atoms with Crippen LogP contribution in [0.25, 0.3) is 0 Å². The third kappa shape index (κ3) is 1.43. The first kappa shape index (κ1) is 10.7. The molecule has 0 spiro atoms. The van der Waals surface area contributed by atoms with Crippen molar-refractivity contribution < 1.29 is 0 Å². The van der Waals surface area contributed by atoms with E-state index in [2.05, 4.69) is 25.3 Å². The van der Waals surface area contributed by atoms with Gasteiger partial charge in [0.1, 0.15) is 11.4 Å². The molecule has 1 unspecified atom stereocenters. The Morgan fingerprint density at radius 1 is 1.28 bits per heavy atom. The molecule has 0 saturated carbocycles. The molecule has 1 aliphatic heterocycles. The van der Waals surface area contributed by atoms with Gasteiger partial charge >= 0.3 is 0 Å². The third-order valence-corrected chi connectivity index (χ3v) is 2.70. The summed E-state index contributed by atoms with van der Waals surface area (Å²) < 4.78 is 1.79. The van der Waals surface area contributed by atoms with Gasteiger partial charge in [0.15, 0.2) is 11.8 Å². The molecule has 0 aromatic carbocycles. The number of aryl methyl sites for hydroxylation is 1. The van der Waals surface area contributed by atoms with Crippen LogP contribution in [0.4, 0.5) is 5.82 Å². The fourth-order valence-corrected chi connectivity index (χ4v) is 1.89. The zero-order chi connectivity index (χ0) is 12.8. The van der Waals surface area contributed by atoms with Gasteiger partial charge in [-0.25, -0.2) is 15.0 Å². The van der Waals surface area contributed by atoms with Gasteiger partial charge in [0, 0.05) is 25.6 Å². The standard InChI is InChI=1S/C10H12N8/c1-18-4-6(15-5-18)10(12)7-8(14-3-2-13-7)16-9(11)17-10/h2-5H,12H2,1H3,(H3,11,14,16,17). The SMILES string of the molecule is Cn1cnc(C2(N)N=C(N)Nc3nccnc32)c1. The smallest absolute Gasteiger partial charge is 0.202 e. The predicted octanol–water partition coefficient (Wildman–Crippen LogP) is -0.890. The molecule has 92 valence electrons. The number of aromatic nitrogens is 4. The van der Waals surface area contributed by atoms with E-state index in [-0.39, 0.29) is 5.96 Å². The highest BCUT2D eigenvalue weighted by molar-refractivity contribution is 5.94. The largest absolute Gasteiger partial charge is 0.370 e. The van der Waals surface area contributed by atoms with E-state index in [1.807, 2.05) is 7.05 Å². The van der Waals surface area contributed by atoms with Gasteiger partial charge < -0.3 is 15.6 Å². The number of fused-ring (bicyclic) bond motifs is 1. The number of imidazole rings is 1. The molecule has 8 heteroatoms. The minimum absolute atomic E-state index is 0.191. The van der Waals surface area contributed by atoms with E-state index in [9.17, 15) is 0 Å². The Balaban J connectivity index is 2.23. The monoisotopic (exact) mass is 244 g/mol. The highest BCUT2D eigenvalue weighted by Crippen LogP contribution is 2.32. The van der Waals surface area contributed by atoms with E-state index in [0.29, 0.717) is 17.2 Å². The van der Waals surface area contributed by atoms with Gasteiger partial charge in [-0.2, -0.15) is 0 Å². The first-order chi connectivity index (χ1) is 8.59. The lowest BCUT2D eigenvalue weighted by Gasteiger charge is -2.28. The molecular formula is C10H12N8. The molecule has 2 aromatic heterocycles. The summed E-state index contributed by atoms with van der Waals surface area (Å²) in [6, 6.07) is 0. The van der Waals surface area contributed by atoms with Crippen molar-refractivity contribution in [3.63, 3.8) is 0 Å². The number of nitrogens with zero attached hydrogens (tertiary/aromatic N) is 5. The lowest BCUT2D eigenvalue weighted by molar-refractivity contribution is 0.529. The molecule has 0 aliphatic carbocycles. The summed E-state index contributed by atoms with van der Waals surface area (Å²) in [6.07, 6.45) is 6.54. The summed E-state index contributed by atoms with van der Waals surface area (Å²) in [7, 11) is 1.85. The Kier molecular flexibility index (Phi) is 2.08. The second kappa shape index (κ2) is 3.50. The summed E-state index contributed by atoms with van der Waals surface area (Å²) in [5.41, 5.74) is 11.9. The van der Waals surface area contributed by atoms with Crippen molar-refractivity contribution in [2.75, 3.05) is 5.32 Å². The van der Waals surface area contributed by atoms with Crippen LogP contribution in [0.1, 0.15) is 11.4 Å². The average Bonchev–Trinajstić information content (AvgIpc) is 2.76. The summed E-state index contributed by atoms with van der Waals surface area (Å²) in [5, 5.41) is 2.83. The molecule has 0 radical (unpaired) electrons. The first-order valence-corrected chi connectivity index (χ1v) is 5.31. The normalized spacial score (nSPS) is 22.0. The lowest BCUT2D eigenvalue weighted by Crippen LogP contribution is -2.45. The molecule has 5 N–H and O–H groups in total.